The number of aliphatic hydroxyl groups is 1. The summed E-state index contributed by atoms with van der Waals surface area (Å²) in [5.74, 6) is -0.551. The topological polar surface area (TPSA) is 237 Å². The van der Waals surface area contributed by atoms with Gasteiger partial charge in [0.2, 0.25) is 0 Å². The Labute approximate surface area is 619 Å². The Hall–Kier alpha value is -1.94. The fraction of sp³-hybridized carbons (Fsp3) is 0.951. The van der Waals surface area contributed by atoms with Gasteiger partial charge in [0.05, 0.1) is 26.4 Å². The highest BCUT2D eigenvalue weighted by molar-refractivity contribution is 7.47. The van der Waals surface area contributed by atoms with E-state index in [-0.39, 0.29) is 25.7 Å². The lowest BCUT2D eigenvalue weighted by atomic mass is 10.0. The van der Waals surface area contributed by atoms with Gasteiger partial charge in [0.1, 0.15) is 19.3 Å². The normalized spacial score (nSPS) is 13.9. The molecule has 101 heavy (non-hydrogen) atoms. The Bertz CT molecular complexity index is 1940. The standard InChI is InChI=1S/C82H160O17P2/c1-7-9-11-13-15-17-19-20-21-22-23-24-25-26-27-30-36-42-48-54-60-66-81(86)98-78(71-93-80(85)65-59-53-47-41-35-31-28-29-33-38-44-50-56-62-74(3)4)73-97-101(90,91)95-69-76(83)68-94-100(88,89)96-72-77(70-92-79(84)64-58-52-46-40-18-16-14-12-10-8-2)99-82(87)67-61-55-49-43-37-32-34-39-45-51-57-63-75(5)6/h74-78,83H,7-73H2,1-6H3,(H,88,89)(H,90,91)/t76-,77+,78+/m0/s1. The van der Waals surface area contributed by atoms with E-state index >= 15 is 0 Å². The van der Waals surface area contributed by atoms with E-state index in [4.69, 9.17) is 37.0 Å². The maximum Gasteiger partial charge on any atom is 0.472 e. The summed E-state index contributed by atoms with van der Waals surface area (Å²) < 4.78 is 68.7. The van der Waals surface area contributed by atoms with Crippen molar-refractivity contribution in [3.63, 3.8) is 0 Å². The molecule has 3 N–H and O–H groups in total. The minimum Gasteiger partial charge on any atom is -0.462 e. The zero-order valence-corrected chi connectivity index (χ0v) is 68.0. The van der Waals surface area contributed by atoms with Crippen molar-refractivity contribution in [1.29, 1.82) is 0 Å². The summed E-state index contributed by atoms with van der Waals surface area (Å²) in [6, 6.07) is 0. The summed E-state index contributed by atoms with van der Waals surface area (Å²) in [6.45, 7) is 9.65. The minimum absolute atomic E-state index is 0.107. The molecule has 0 aliphatic carbocycles. The zero-order valence-electron chi connectivity index (χ0n) is 66.2. The first kappa shape index (κ1) is 99.1. The van der Waals surface area contributed by atoms with Crippen molar-refractivity contribution in [3.05, 3.63) is 0 Å². The molecule has 2 unspecified atom stereocenters. The number of hydrogen-bond donors (Lipinski definition) is 3. The van der Waals surface area contributed by atoms with Crippen molar-refractivity contribution in [2.24, 2.45) is 11.8 Å². The number of phosphoric ester groups is 2. The molecule has 19 heteroatoms. The van der Waals surface area contributed by atoms with Crippen molar-refractivity contribution in [2.75, 3.05) is 39.6 Å². The van der Waals surface area contributed by atoms with Crippen molar-refractivity contribution in [1.82, 2.24) is 0 Å². The maximum absolute atomic E-state index is 13.1. The van der Waals surface area contributed by atoms with Crippen LogP contribution in [0, 0.1) is 11.8 Å². The predicted octanol–water partition coefficient (Wildman–Crippen LogP) is 24.7. The van der Waals surface area contributed by atoms with Gasteiger partial charge in [-0.3, -0.25) is 37.3 Å². The van der Waals surface area contributed by atoms with Gasteiger partial charge in [0.25, 0.3) is 0 Å². The Balaban J connectivity index is 5.22. The van der Waals surface area contributed by atoms with E-state index in [1.165, 1.54) is 250 Å². The van der Waals surface area contributed by atoms with E-state index in [0.717, 1.165) is 102 Å². The van der Waals surface area contributed by atoms with Crippen LogP contribution in [0.25, 0.3) is 0 Å². The van der Waals surface area contributed by atoms with Gasteiger partial charge in [0, 0.05) is 25.7 Å². The maximum atomic E-state index is 13.1. The van der Waals surface area contributed by atoms with E-state index in [2.05, 4.69) is 41.5 Å². The summed E-state index contributed by atoms with van der Waals surface area (Å²) in [7, 11) is -9.92. The summed E-state index contributed by atoms with van der Waals surface area (Å²) in [6.07, 6.45) is 63.9. The molecule has 0 amide bonds. The van der Waals surface area contributed by atoms with Crippen LogP contribution in [0.5, 0.6) is 0 Å². The molecule has 0 aliphatic rings. The Kier molecular flexibility index (Phi) is 72.2. The van der Waals surface area contributed by atoms with Crippen molar-refractivity contribution >= 4 is 39.5 Å². The number of carbonyl (C=O) groups excluding carboxylic acids is 4. The third-order valence-electron chi connectivity index (χ3n) is 19.2. The van der Waals surface area contributed by atoms with Gasteiger partial charge in [-0.05, 0) is 37.5 Å². The van der Waals surface area contributed by atoms with Crippen LogP contribution in [0.3, 0.4) is 0 Å². The van der Waals surface area contributed by atoms with Crippen LogP contribution >= 0.6 is 15.6 Å². The molecule has 0 saturated heterocycles. The fourth-order valence-corrected chi connectivity index (χ4v) is 14.3. The molecule has 0 aliphatic heterocycles. The highest BCUT2D eigenvalue weighted by Crippen LogP contribution is 2.45. The van der Waals surface area contributed by atoms with Crippen LogP contribution in [0.2, 0.25) is 0 Å². The molecular weight excluding hydrogens is 1320 g/mol. The number of aliphatic hydroxyl groups excluding tert-OH is 1. The van der Waals surface area contributed by atoms with Crippen molar-refractivity contribution < 1.29 is 80.2 Å². The minimum atomic E-state index is -4.96. The third kappa shape index (κ3) is 76.1. The van der Waals surface area contributed by atoms with Crippen LogP contribution < -0.4 is 0 Å². The highest BCUT2D eigenvalue weighted by atomic mass is 31.2. The van der Waals surface area contributed by atoms with Crippen LogP contribution in [-0.2, 0) is 65.4 Å². The third-order valence-corrected chi connectivity index (χ3v) is 21.1. The average Bonchev–Trinajstić information content (AvgIpc) is 0.943. The van der Waals surface area contributed by atoms with Gasteiger partial charge in [-0.1, -0.05) is 382 Å². The van der Waals surface area contributed by atoms with Crippen molar-refractivity contribution in [2.45, 2.75) is 452 Å². The van der Waals surface area contributed by atoms with Gasteiger partial charge < -0.3 is 33.8 Å². The van der Waals surface area contributed by atoms with Crippen molar-refractivity contribution in [3.8, 4) is 0 Å². The molecule has 0 aromatic heterocycles. The quantitative estimate of drug-likeness (QED) is 0.0222. The van der Waals surface area contributed by atoms with Gasteiger partial charge in [-0.15, -0.1) is 0 Å². The number of carbonyl (C=O) groups is 4. The molecule has 600 valence electrons. The summed E-state index contributed by atoms with van der Waals surface area (Å²) in [5.41, 5.74) is 0. The average molecular weight is 1480 g/mol. The molecule has 0 aromatic rings. The molecular formula is C82H160O17P2. The number of ether oxygens (including phenoxy) is 4. The van der Waals surface area contributed by atoms with E-state index in [1.54, 1.807) is 0 Å². The molecule has 0 fully saturated rings. The SMILES string of the molecule is CCCCCCCCCCCCCCCCCCCCCCCC(=O)O[C@H](COC(=O)CCCCCCCCCCCCCCCC(C)C)COP(=O)(O)OC[C@@H](O)COP(=O)(O)OC[C@@H](COC(=O)CCCCCCCCCCCC)OC(=O)CCCCCCCCCCCCCC(C)C. The fourth-order valence-electron chi connectivity index (χ4n) is 12.7. The van der Waals surface area contributed by atoms with Crippen LogP contribution in [0.4, 0.5) is 0 Å². The second-order valence-electron chi connectivity index (χ2n) is 30.5. The summed E-state index contributed by atoms with van der Waals surface area (Å²) in [5, 5.41) is 10.6. The molecule has 0 radical (unpaired) electrons. The smallest absolute Gasteiger partial charge is 0.462 e. The molecule has 0 spiro atoms. The molecule has 5 atom stereocenters. The first-order valence-corrected chi connectivity index (χ1v) is 45.5. The van der Waals surface area contributed by atoms with E-state index < -0.39 is 97.5 Å². The second kappa shape index (κ2) is 73.6. The molecule has 0 aromatic carbocycles. The number of rotatable bonds is 81. The van der Waals surface area contributed by atoms with Crippen LogP contribution in [0.15, 0.2) is 0 Å². The van der Waals surface area contributed by atoms with E-state index in [9.17, 15) is 43.2 Å². The lowest BCUT2D eigenvalue weighted by Crippen LogP contribution is -2.30. The lowest BCUT2D eigenvalue weighted by Gasteiger charge is -2.21. The van der Waals surface area contributed by atoms with E-state index in [1.807, 2.05) is 0 Å². The molecule has 0 bridgehead atoms. The lowest BCUT2D eigenvalue weighted by molar-refractivity contribution is -0.161. The molecule has 17 nitrogen and oxygen atoms in total. The van der Waals surface area contributed by atoms with Gasteiger partial charge >= 0.3 is 39.5 Å². The van der Waals surface area contributed by atoms with Crippen LogP contribution in [0.1, 0.15) is 433 Å². The molecule has 0 heterocycles. The van der Waals surface area contributed by atoms with E-state index in [0.29, 0.717) is 25.7 Å². The Morgan fingerprint density at radius 1 is 0.267 bits per heavy atom. The summed E-state index contributed by atoms with van der Waals surface area (Å²) in [4.78, 5) is 73.0. The first-order chi connectivity index (χ1) is 48.9. The summed E-state index contributed by atoms with van der Waals surface area (Å²) >= 11 is 0. The van der Waals surface area contributed by atoms with Gasteiger partial charge in [-0.25, -0.2) is 9.13 Å². The highest BCUT2D eigenvalue weighted by Gasteiger charge is 2.30. The Morgan fingerprint density at radius 3 is 0.673 bits per heavy atom. The number of phosphoric acid groups is 2. The first-order valence-electron chi connectivity index (χ1n) is 42.5. The number of unbranched alkanes of at least 4 members (excludes halogenated alkanes) is 51. The van der Waals surface area contributed by atoms with Gasteiger partial charge in [0.15, 0.2) is 12.2 Å². The van der Waals surface area contributed by atoms with Gasteiger partial charge in [-0.2, -0.15) is 0 Å². The zero-order chi connectivity index (χ0) is 74.2. The van der Waals surface area contributed by atoms with Crippen LogP contribution in [-0.4, -0.2) is 96.7 Å². The largest absolute Gasteiger partial charge is 0.472 e. The number of hydrogen-bond acceptors (Lipinski definition) is 15. The monoisotopic (exact) mass is 1480 g/mol. The number of esters is 4. The Morgan fingerprint density at radius 2 is 0.455 bits per heavy atom. The molecule has 0 rings (SSSR count). The molecule has 0 saturated carbocycles. The predicted molar refractivity (Wildman–Crippen MR) is 414 cm³/mol. The second-order valence-corrected chi connectivity index (χ2v) is 33.4.